The Morgan fingerprint density at radius 3 is 3.08 bits per heavy atom. The first-order valence-electron chi connectivity index (χ1n) is 8.75. The minimum atomic E-state index is -0.174. The molecule has 2 heterocycles. The third-order valence-corrected chi connectivity index (χ3v) is 4.04. The number of hydrogen-bond donors (Lipinski definition) is 1. The van der Waals surface area contributed by atoms with E-state index in [1.807, 2.05) is 24.3 Å². The number of nitrogens with zero attached hydrogens (tertiary/aromatic N) is 2. The fourth-order valence-electron chi connectivity index (χ4n) is 2.97. The molecule has 0 spiro atoms. The van der Waals surface area contributed by atoms with E-state index in [-0.39, 0.29) is 12.0 Å². The summed E-state index contributed by atoms with van der Waals surface area (Å²) in [5.74, 6) is 0.882. The van der Waals surface area contributed by atoms with Gasteiger partial charge < -0.3 is 14.5 Å². The molecule has 134 valence electrons. The van der Waals surface area contributed by atoms with Crippen molar-refractivity contribution < 1.29 is 13.9 Å². The van der Waals surface area contributed by atoms with Crippen LogP contribution >= 0.6 is 0 Å². The van der Waals surface area contributed by atoms with Gasteiger partial charge in [0.2, 0.25) is 11.8 Å². The van der Waals surface area contributed by atoms with Gasteiger partial charge in [0.1, 0.15) is 5.52 Å². The van der Waals surface area contributed by atoms with Crippen molar-refractivity contribution in [2.24, 2.45) is 5.92 Å². The summed E-state index contributed by atoms with van der Waals surface area (Å²) in [4.78, 5) is 18.7. The molecular weight excluding hydrogens is 318 g/mol. The number of fused-ring (bicyclic) bond motifs is 1. The molecule has 0 bridgehead atoms. The topological polar surface area (TPSA) is 67.6 Å². The lowest BCUT2D eigenvalue weighted by atomic mass is 10.2. The molecule has 1 amide bonds. The van der Waals surface area contributed by atoms with Gasteiger partial charge in [0.25, 0.3) is 0 Å². The zero-order chi connectivity index (χ0) is 17.6. The maximum Gasteiger partial charge on any atom is 0.244 e. The average molecular weight is 343 g/mol. The van der Waals surface area contributed by atoms with E-state index in [0.29, 0.717) is 30.5 Å². The predicted octanol–water partition coefficient (Wildman–Crippen LogP) is 2.31. The molecule has 1 aromatic carbocycles. The molecule has 0 saturated carbocycles. The van der Waals surface area contributed by atoms with Crippen LogP contribution in [-0.2, 0) is 9.53 Å². The highest BCUT2D eigenvalue weighted by Crippen LogP contribution is 2.15. The Morgan fingerprint density at radius 2 is 2.28 bits per heavy atom. The Balaban J connectivity index is 1.47. The van der Waals surface area contributed by atoms with Crippen molar-refractivity contribution in [2.75, 3.05) is 32.8 Å². The molecule has 1 atom stereocenters. The summed E-state index contributed by atoms with van der Waals surface area (Å²) in [5.41, 5.74) is 1.49. The van der Waals surface area contributed by atoms with E-state index in [4.69, 9.17) is 9.15 Å². The Morgan fingerprint density at radius 1 is 1.44 bits per heavy atom. The quantitative estimate of drug-likeness (QED) is 0.815. The number of amides is 1. The standard InChI is InChI=1S/C19H25N3O3/c1-14(2)12-22-9-10-24-15(13-22)11-20-18(23)7-8-19-21-16-5-3-4-6-17(16)25-19/h3-8,14-15H,9-13H2,1-2H3,(H,20,23)/b8-7+. The Kier molecular flexibility index (Phi) is 5.83. The number of para-hydroxylation sites is 2. The second kappa shape index (κ2) is 8.27. The smallest absolute Gasteiger partial charge is 0.244 e. The van der Waals surface area contributed by atoms with Crippen molar-refractivity contribution in [3.05, 3.63) is 36.2 Å². The molecular formula is C19H25N3O3. The molecule has 0 radical (unpaired) electrons. The predicted molar refractivity (Wildman–Crippen MR) is 97.1 cm³/mol. The summed E-state index contributed by atoms with van der Waals surface area (Å²) < 4.78 is 11.3. The van der Waals surface area contributed by atoms with Crippen molar-refractivity contribution >= 4 is 23.1 Å². The van der Waals surface area contributed by atoms with Gasteiger partial charge in [-0.3, -0.25) is 9.69 Å². The zero-order valence-electron chi connectivity index (χ0n) is 14.8. The lowest BCUT2D eigenvalue weighted by Gasteiger charge is -2.33. The van der Waals surface area contributed by atoms with Crippen LogP contribution in [0.15, 0.2) is 34.8 Å². The minimum Gasteiger partial charge on any atom is -0.437 e. The van der Waals surface area contributed by atoms with Crippen LogP contribution in [0, 0.1) is 5.92 Å². The van der Waals surface area contributed by atoms with Gasteiger partial charge in [-0.15, -0.1) is 0 Å². The summed E-state index contributed by atoms with van der Waals surface area (Å²) >= 11 is 0. The first kappa shape index (κ1) is 17.6. The highest BCUT2D eigenvalue weighted by Gasteiger charge is 2.21. The fraction of sp³-hybridized carbons (Fsp3) is 0.474. The van der Waals surface area contributed by atoms with E-state index >= 15 is 0 Å². The number of oxazole rings is 1. The zero-order valence-corrected chi connectivity index (χ0v) is 14.8. The van der Waals surface area contributed by atoms with Gasteiger partial charge in [-0.25, -0.2) is 4.98 Å². The van der Waals surface area contributed by atoms with Crippen LogP contribution in [0.5, 0.6) is 0 Å². The van der Waals surface area contributed by atoms with E-state index in [0.717, 1.165) is 25.2 Å². The summed E-state index contributed by atoms with van der Waals surface area (Å²) in [6.45, 7) is 8.52. The second-order valence-corrected chi connectivity index (χ2v) is 6.74. The van der Waals surface area contributed by atoms with Crippen molar-refractivity contribution in [3.8, 4) is 0 Å². The highest BCUT2D eigenvalue weighted by atomic mass is 16.5. The van der Waals surface area contributed by atoms with Gasteiger partial charge in [0, 0.05) is 38.3 Å². The lowest BCUT2D eigenvalue weighted by molar-refractivity contribution is -0.117. The molecule has 2 aromatic rings. The Bertz CT molecular complexity index is 705. The van der Waals surface area contributed by atoms with Crippen molar-refractivity contribution in [3.63, 3.8) is 0 Å². The molecule has 1 unspecified atom stereocenters. The number of benzene rings is 1. The molecule has 3 rings (SSSR count). The molecule has 6 nitrogen and oxygen atoms in total. The van der Waals surface area contributed by atoms with Gasteiger partial charge in [-0.05, 0) is 18.1 Å². The number of morpholine rings is 1. The highest BCUT2D eigenvalue weighted by molar-refractivity contribution is 5.91. The molecule has 1 aromatic heterocycles. The number of rotatable bonds is 6. The summed E-state index contributed by atoms with van der Waals surface area (Å²) in [6, 6.07) is 7.51. The first-order chi connectivity index (χ1) is 12.1. The normalized spacial score (nSPS) is 19.1. The second-order valence-electron chi connectivity index (χ2n) is 6.74. The van der Waals surface area contributed by atoms with Gasteiger partial charge in [0.15, 0.2) is 5.58 Å². The third kappa shape index (κ3) is 5.14. The maximum absolute atomic E-state index is 12.0. The Hall–Kier alpha value is -2.18. The SMILES string of the molecule is CC(C)CN1CCOC(CNC(=O)/C=C/c2nc3ccccc3o2)C1. The Labute approximate surface area is 147 Å². The van der Waals surface area contributed by atoms with Crippen LogP contribution in [0.2, 0.25) is 0 Å². The van der Waals surface area contributed by atoms with Crippen LogP contribution in [0.1, 0.15) is 19.7 Å². The van der Waals surface area contributed by atoms with E-state index in [9.17, 15) is 4.79 Å². The van der Waals surface area contributed by atoms with E-state index in [1.54, 1.807) is 6.08 Å². The number of carbonyl (C=O) groups excluding carboxylic acids is 1. The number of hydrogen-bond acceptors (Lipinski definition) is 5. The van der Waals surface area contributed by atoms with Gasteiger partial charge in [0.05, 0.1) is 12.7 Å². The summed E-state index contributed by atoms with van der Waals surface area (Å²) in [5, 5.41) is 2.88. The molecule has 1 fully saturated rings. The van der Waals surface area contributed by atoms with Crippen LogP contribution in [0.4, 0.5) is 0 Å². The number of carbonyl (C=O) groups is 1. The van der Waals surface area contributed by atoms with Gasteiger partial charge >= 0.3 is 0 Å². The average Bonchev–Trinajstić information content (AvgIpc) is 3.01. The largest absolute Gasteiger partial charge is 0.437 e. The molecule has 1 N–H and O–H groups in total. The molecule has 25 heavy (non-hydrogen) atoms. The van der Waals surface area contributed by atoms with Gasteiger partial charge in [-0.2, -0.15) is 0 Å². The van der Waals surface area contributed by atoms with Gasteiger partial charge in [-0.1, -0.05) is 26.0 Å². The number of nitrogens with one attached hydrogen (secondary N) is 1. The monoisotopic (exact) mass is 343 g/mol. The third-order valence-electron chi connectivity index (χ3n) is 4.04. The molecule has 1 saturated heterocycles. The van der Waals surface area contributed by atoms with E-state index in [1.165, 1.54) is 6.08 Å². The molecule has 6 heteroatoms. The molecule has 1 aliphatic heterocycles. The molecule has 0 aliphatic carbocycles. The number of ether oxygens (including phenoxy) is 1. The van der Waals surface area contributed by atoms with Crippen LogP contribution in [0.25, 0.3) is 17.2 Å². The lowest BCUT2D eigenvalue weighted by Crippen LogP contribution is -2.48. The van der Waals surface area contributed by atoms with Crippen LogP contribution in [-0.4, -0.2) is 54.7 Å². The maximum atomic E-state index is 12.0. The minimum absolute atomic E-state index is 0.0363. The summed E-state index contributed by atoms with van der Waals surface area (Å²) in [6.07, 6.45) is 3.07. The first-order valence-corrected chi connectivity index (χ1v) is 8.75. The summed E-state index contributed by atoms with van der Waals surface area (Å²) in [7, 11) is 0. The van der Waals surface area contributed by atoms with Crippen LogP contribution < -0.4 is 5.32 Å². The number of aromatic nitrogens is 1. The molecule has 1 aliphatic rings. The van der Waals surface area contributed by atoms with E-state index in [2.05, 4.69) is 29.0 Å². The van der Waals surface area contributed by atoms with Crippen molar-refractivity contribution in [1.29, 1.82) is 0 Å². The van der Waals surface area contributed by atoms with Crippen molar-refractivity contribution in [2.45, 2.75) is 20.0 Å². The van der Waals surface area contributed by atoms with E-state index < -0.39 is 0 Å². The fourth-order valence-corrected chi connectivity index (χ4v) is 2.97. The van der Waals surface area contributed by atoms with Crippen LogP contribution in [0.3, 0.4) is 0 Å². The van der Waals surface area contributed by atoms with Crippen molar-refractivity contribution in [1.82, 2.24) is 15.2 Å².